The van der Waals surface area contributed by atoms with Crippen LogP contribution in [0, 0.1) is 0 Å². The van der Waals surface area contributed by atoms with Gasteiger partial charge in [0.25, 0.3) is 0 Å². The fourth-order valence-corrected chi connectivity index (χ4v) is 2.69. The van der Waals surface area contributed by atoms with Gasteiger partial charge in [-0.3, -0.25) is 0 Å². The molecule has 3 heterocycles. The van der Waals surface area contributed by atoms with E-state index in [1.807, 2.05) is 5.38 Å². The van der Waals surface area contributed by atoms with E-state index < -0.39 is 11.2 Å². The number of aromatic nitrogens is 4. The SMILES string of the molecule is FC(F)(F)c1nn2c(-c3cccs3)nnc2s1. The van der Waals surface area contributed by atoms with Gasteiger partial charge < -0.3 is 0 Å². The van der Waals surface area contributed by atoms with Crippen LogP contribution >= 0.6 is 22.7 Å². The molecule has 0 spiro atoms. The minimum Gasteiger partial charge on any atom is -0.181 e. The second-order valence-electron chi connectivity index (χ2n) is 3.10. The fourth-order valence-electron chi connectivity index (χ4n) is 1.29. The first-order chi connectivity index (χ1) is 8.05. The van der Waals surface area contributed by atoms with E-state index in [1.54, 1.807) is 12.1 Å². The molecule has 0 saturated carbocycles. The molecular weight excluding hydrogens is 273 g/mol. The summed E-state index contributed by atoms with van der Waals surface area (Å²) in [5.74, 6) is 0.335. The van der Waals surface area contributed by atoms with Gasteiger partial charge in [0, 0.05) is 0 Å². The minimum atomic E-state index is -4.45. The van der Waals surface area contributed by atoms with Crippen LogP contribution in [0.25, 0.3) is 15.7 Å². The Morgan fingerprint density at radius 3 is 2.71 bits per heavy atom. The Bertz CT molecular complexity index is 652. The van der Waals surface area contributed by atoms with Gasteiger partial charge in [-0.2, -0.15) is 17.7 Å². The third kappa shape index (κ3) is 1.71. The monoisotopic (exact) mass is 276 g/mol. The van der Waals surface area contributed by atoms with Gasteiger partial charge in [0.15, 0.2) is 5.82 Å². The molecule has 9 heteroatoms. The summed E-state index contributed by atoms with van der Waals surface area (Å²) >= 11 is 1.85. The first-order valence-corrected chi connectivity index (χ1v) is 6.08. The number of hydrogen-bond donors (Lipinski definition) is 0. The van der Waals surface area contributed by atoms with Gasteiger partial charge in [-0.05, 0) is 11.4 Å². The van der Waals surface area contributed by atoms with Crippen LogP contribution in [-0.4, -0.2) is 19.8 Å². The lowest BCUT2D eigenvalue weighted by atomic mass is 10.4. The molecule has 0 aliphatic heterocycles. The first-order valence-electron chi connectivity index (χ1n) is 4.39. The van der Waals surface area contributed by atoms with Crippen molar-refractivity contribution in [2.75, 3.05) is 0 Å². The maximum Gasteiger partial charge on any atom is 0.445 e. The molecule has 0 atom stereocenters. The van der Waals surface area contributed by atoms with Gasteiger partial charge in [-0.25, -0.2) is 0 Å². The number of thiophene rings is 1. The number of fused-ring (bicyclic) bond motifs is 1. The van der Waals surface area contributed by atoms with Crippen molar-refractivity contribution in [3.8, 4) is 10.7 Å². The summed E-state index contributed by atoms with van der Waals surface area (Å²) in [6.45, 7) is 0. The van der Waals surface area contributed by atoms with Crippen molar-refractivity contribution in [3.05, 3.63) is 22.5 Å². The molecule has 0 amide bonds. The Balaban J connectivity index is 2.19. The number of alkyl halides is 3. The van der Waals surface area contributed by atoms with Crippen LogP contribution in [0.1, 0.15) is 5.01 Å². The van der Waals surface area contributed by atoms with E-state index in [1.165, 1.54) is 11.3 Å². The predicted molar refractivity (Wildman–Crippen MR) is 57.0 cm³/mol. The third-order valence-corrected chi connectivity index (χ3v) is 3.78. The van der Waals surface area contributed by atoms with Crippen LogP contribution in [0.4, 0.5) is 13.2 Å². The molecule has 0 radical (unpaired) electrons. The normalized spacial score (nSPS) is 12.4. The molecule has 3 rings (SSSR count). The Labute approximate surface area is 100 Å². The molecule has 0 bridgehead atoms. The van der Waals surface area contributed by atoms with E-state index in [0.717, 1.165) is 9.39 Å². The molecule has 0 aliphatic rings. The van der Waals surface area contributed by atoms with Gasteiger partial charge in [-0.1, -0.05) is 17.4 Å². The highest BCUT2D eigenvalue weighted by Crippen LogP contribution is 2.34. The van der Waals surface area contributed by atoms with Crippen LogP contribution in [0.3, 0.4) is 0 Å². The van der Waals surface area contributed by atoms with Crippen LogP contribution in [0.5, 0.6) is 0 Å². The summed E-state index contributed by atoms with van der Waals surface area (Å²) in [6.07, 6.45) is -4.45. The third-order valence-electron chi connectivity index (χ3n) is 1.97. The highest BCUT2D eigenvalue weighted by Gasteiger charge is 2.36. The lowest BCUT2D eigenvalue weighted by molar-refractivity contribution is -0.138. The zero-order valence-electron chi connectivity index (χ0n) is 7.97. The summed E-state index contributed by atoms with van der Waals surface area (Å²) in [7, 11) is 0. The van der Waals surface area contributed by atoms with Crippen LogP contribution < -0.4 is 0 Å². The lowest BCUT2D eigenvalue weighted by Gasteiger charge is -1.98. The Morgan fingerprint density at radius 1 is 1.24 bits per heavy atom. The maximum absolute atomic E-state index is 12.5. The molecule has 0 aromatic carbocycles. The van der Waals surface area contributed by atoms with Gasteiger partial charge in [0.1, 0.15) is 0 Å². The summed E-state index contributed by atoms with van der Waals surface area (Å²) in [4.78, 5) is 0.872. The topological polar surface area (TPSA) is 43.1 Å². The molecule has 0 aliphatic carbocycles. The van der Waals surface area contributed by atoms with Crippen molar-refractivity contribution >= 4 is 27.6 Å². The van der Waals surface area contributed by atoms with Gasteiger partial charge in [-0.15, -0.1) is 26.6 Å². The molecule has 0 saturated heterocycles. The highest BCUT2D eigenvalue weighted by atomic mass is 32.1. The van der Waals surface area contributed by atoms with E-state index in [-0.39, 0.29) is 4.96 Å². The molecular formula is C8H3F3N4S2. The fraction of sp³-hybridized carbons (Fsp3) is 0.125. The van der Waals surface area contributed by atoms with Crippen LogP contribution in [0.2, 0.25) is 0 Å². The molecule has 3 aromatic rings. The van der Waals surface area contributed by atoms with Gasteiger partial charge >= 0.3 is 6.18 Å². The van der Waals surface area contributed by atoms with Crippen LogP contribution in [-0.2, 0) is 6.18 Å². The molecule has 0 N–H and O–H groups in total. The molecule has 17 heavy (non-hydrogen) atoms. The minimum absolute atomic E-state index is 0.140. The summed E-state index contributed by atoms with van der Waals surface area (Å²) in [6, 6.07) is 3.55. The van der Waals surface area contributed by atoms with Gasteiger partial charge in [0.2, 0.25) is 9.97 Å². The van der Waals surface area contributed by atoms with Crippen molar-refractivity contribution in [1.82, 2.24) is 19.8 Å². The van der Waals surface area contributed by atoms with Crippen molar-refractivity contribution in [2.45, 2.75) is 6.18 Å². The zero-order chi connectivity index (χ0) is 12.0. The average molecular weight is 276 g/mol. The zero-order valence-corrected chi connectivity index (χ0v) is 9.60. The number of nitrogens with zero attached hydrogens (tertiary/aromatic N) is 4. The van der Waals surface area contributed by atoms with E-state index in [4.69, 9.17) is 0 Å². The second-order valence-corrected chi connectivity index (χ2v) is 5.00. The highest BCUT2D eigenvalue weighted by molar-refractivity contribution is 7.16. The lowest BCUT2D eigenvalue weighted by Crippen LogP contribution is -2.05. The van der Waals surface area contributed by atoms with Crippen molar-refractivity contribution in [3.63, 3.8) is 0 Å². The van der Waals surface area contributed by atoms with E-state index in [9.17, 15) is 13.2 Å². The Morgan fingerprint density at radius 2 is 2.06 bits per heavy atom. The molecule has 0 unspecified atom stereocenters. The first kappa shape index (κ1) is 10.7. The smallest absolute Gasteiger partial charge is 0.181 e. The number of halogens is 3. The van der Waals surface area contributed by atoms with E-state index in [2.05, 4.69) is 15.3 Å². The number of rotatable bonds is 1. The largest absolute Gasteiger partial charge is 0.445 e. The molecule has 4 nitrogen and oxygen atoms in total. The maximum atomic E-state index is 12.5. The summed E-state index contributed by atoms with van der Waals surface area (Å²) in [5, 5.41) is 11.9. The molecule has 3 aromatic heterocycles. The standard InChI is InChI=1S/C8H3F3N4S2/c9-8(10,11)6-14-15-5(4-2-1-3-16-4)12-13-7(15)17-6/h1-3H. The summed E-state index contributed by atoms with van der Waals surface area (Å²) < 4.78 is 38.5. The predicted octanol–water partition coefficient (Wildman–Crippen LogP) is 2.93. The van der Waals surface area contributed by atoms with E-state index in [0.29, 0.717) is 17.2 Å². The van der Waals surface area contributed by atoms with Crippen molar-refractivity contribution < 1.29 is 13.2 Å². The average Bonchev–Trinajstić information content (AvgIpc) is 2.91. The Hall–Kier alpha value is -1.48. The molecule has 88 valence electrons. The van der Waals surface area contributed by atoms with Crippen molar-refractivity contribution in [1.29, 1.82) is 0 Å². The van der Waals surface area contributed by atoms with E-state index >= 15 is 0 Å². The summed E-state index contributed by atoms with van der Waals surface area (Å²) in [5.41, 5.74) is 0. The van der Waals surface area contributed by atoms with Crippen LogP contribution in [0.15, 0.2) is 17.5 Å². The second kappa shape index (κ2) is 3.50. The van der Waals surface area contributed by atoms with Crippen molar-refractivity contribution in [2.24, 2.45) is 0 Å². The Kier molecular flexibility index (Phi) is 2.20. The number of hydrogen-bond acceptors (Lipinski definition) is 5. The quantitative estimate of drug-likeness (QED) is 0.686. The molecule has 0 fully saturated rings. The van der Waals surface area contributed by atoms with Gasteiger partial charge in [0.05, 0.1) is 4.88 Å².